The Morgan fingerprint density at radius 3 is 2.17 bits per heavy atom. The zero-order valence-corrected chi connectivity index (χ0v) is 15.0. The first-order valence-corrected chi connectivity index (χ1v) is 7.90. The lowest BCUT2D eigenvalue weighted by Gasteiger charge is -2.09. The molecule has 2 rings (SSSR count). The summed E-state index contributed by atoms with van der Waals surface area (Å²) < 4.78 is 26.0. The van der Waals surface area contributed by atoms with Gasteiger partial charge in [0, 0.05) is 25.3 Å². The molecule has 3 nitrogen and oxygen atoms in total. The number of aliphatic hydroxyl groups is 1. The van der Waals surface area contributed by atoms with Gasteiger partial charge in [-0.05, 0) is 23.8 Å². The third-order valence-electron chi connectivity index (χ3n) is 2.50. The van der Waals surface area contributed by atoms with Gasteiger partial charge in [0.15, 0.2) is 6.29 Å². The van der Waals surface area contributed by atoms with Crippen LogP contribution in [0.15, 0.2) is 48.7 Å². The summed E-state index contributed by atoms with van der Waals surface area (Å²) in [4.78, 5) is 14.4. The number of halogens is 2. The zero-order chi connectivity index (χ0) is 19.0. The zero-order valence-electron chi connectivity index (χ0n) is 15.0. The Hall–Kier alpha value is -2.14. The Bertz CT molecular complexity index is 546. The number of pyridine rings is 1. The summed E-state index contributed by atoms with van der Waals surface area (Å²) in [5.74, 6) is -3.32. The van der Waals surface area contributed by atoms with E-state index in [0.29, 0.717) is 11.3 Å². The minimum absolute atomic E-state index is 0.319. The molecule has 134 valence electrons. The van der Waals surface area contributed by atoms with Crippen molar-refractivity contribution in [2.75, 3.05) is 7.11 Å². The van der Waals surface area contributed by atoms with E-state index in [1.807, 2.05) is 33.8 Å². The summed E-state index contributed by atoms with van der Waals surface area (Å²) in [6.45, 7) is 8.00. The summed E-state index contributed by atoms with van der Waals surface area (Å²) >= 11 is 0. The number of benzene rings is 1. The van der Waals surface area contributed by atoms with Crippen LogP contribution in [-0.4, -0.2) is 29.4 Å². The predicted octanol–water partition coefficient (Wildman–Crippen LogP) is 4.79. The lowest BCUT2D eigenvalue weighted by atomic mass is 10.0. The van der Waals surface area contributed by atoms with E-state index in [4.69, 9.17) is 5.11 Å². The number of aldehydes is 1. The number of carbonyl (C=O) groups is 1. The van der Waals surface area contributed by atoms with Gasteiger partial charge in [-0.3, -0.25) is 9.78 Å². The van der Waals surface area contributed by atoms with Crippen molar-refractivity contribution < 1.29 is 18.7 Å². The first-order chi connectivity index (χ1) is 11.6. The molecule has 0 aliphatic rings. The van der Waals surface area contributed by atoms with E-state index in [9.17, 15) is 13.6 Å². The molecule has 0 atom stereocenters. The van der Waals surface area contributed by atoms with Crippen LogP contribution in [0.1, 0.15) is 33.3 Å². The highest BCUT2D eigenvalue weighted by atomic mass is 19.3. The lowest BCUT2D eigenvalue weighted by molar-refractivity contribution is -0.128. The van der Waals surface area contributed by atoms with Gasteiger partial charge in [-0.25, -0.2) is 0 Å². The fourth-order valence-electron chi connectivity index (χ4n) is 1.69. The van der Waals surface area contributed by atoms with Crippen molar-refractivity contribution in [2.45, 2.75) is 40.0 Å². The van der Waals surface area contributed by atoms with Gasteiger partial charge in [-0.15, -0.1) is 0 Å². The SMILES string of the molecule is CC.CC.CO.O=CC(F)(F)Cc1cccc(-c2ccccn2)c1. The van der Waals surface area contributed by atoms with Crippen LogP contribution in [-0.2, 0) is 11.2 Å². The molecule has 0 aliphatic heterocycles. The van der Waals surface area contributed by atoms with Crippen molar-refractivity contribution in [3.8, 4) is 11.3 Å². The predicted molar refractivity (Wildman–Crippen MR) is 95.2 cm³/mol. The Balaban J connectivity index is 0. The van der Waals surface area contributed by atoms with Gasteiger partial charge in [0.1, 0.15) is 0 Å². The molecule has 1 aromatic carbocycles. The number of hydrogen-bond acceptors (Lipinski definition) is 3. The van der Waals surface area contributed by atoms with Crippen molar-refractivity contribution in [3.63, 3.8) is 0 Å². The van der Waals surface area contributed by atoms with E-state index >= 15 is 0 Å². The molecule has 0 aliphatic carbocycles. The summed E-state index contributed by atoms with van der Waals surface area (Å²) in [6, 6.07) is 12.1. The lowest BCUT2D eigenvalue weighted by Crippen LogP contribution is -2.20. The third-order valence-corrected chi connectivity index (χ3v) is 2.50. The second kappa shape index (κ2) is 14.5. The Labute approximate surface area is 143 Å². The molecule has 0 saturated heterocycles. The highest BCUT2D eigenvalue weighted by Crippen LogP contribution is 2.22. The summed E-state index contributed by atoms with van der Waals surface area (Å²) in [6.07, 6.45) is 0.736. The number of nitrogens with zero attached hydrogens (tertiary/aromatic N) is 1. The smallest absolute Gasteiger partial charge is 0.306 e. The molecule has 0 fully saturated rings. The maximum atomic E-state index is 13.0. The third kappa shape index (κ3) is 9.10. The van der Waals surface area contributed by atoms with Crippen molar-refractivity contribution in [2.24, 2.45) is 0 Å². The highest BCUT2D eigenvalue weighted by molar-refractivity contribution is 5.62. The Morgan fingerprint density at radius 1 is 1.04 bits per heavy atom. The minimum atomic E-state index is -3.32. The second-order valence-electron chi connectivity index (χ2n) is 3.97. The number of aromatic nitrogens is 1. The number of alkyl halides is 2. The maximum Gasteiger partial charge on any atom is 0.306 e. The molecule has 24 heavy (non-hydrogen) atoms. The Morgan fingerprint density at radius 2 is 1.67 bits per heavy atom. The molecular formula is C19H27F2NO2. The van der Waals surface area contributed by atoms with Crippen LogP contribution in [0, 0.1) is 0 Å². The molecule has 0 saturated carbocycles. The van der Waals surface area contributed by atoms with E-state index in [1.54, 1.807) is 42.6 Å². The molecule has 1 N–H and O–H groups in total. The minimum Gasteiger partial charge on any atom is -0.400 e. The molecule has 0 amide bonds. The van der Waals surface area contributed by atoms with Crippen LogP contribution < -0.4 is 0 Å². The van der Waals surface area contributed by atoms with Crippen LogP contribution in [0.4, 0.5) is 8.78 Å². The average molecular weight is 339 g/mol. The Kier molecular flexibility index (Phi) is 14.5. The fourth-order valence-corrected chi connectivity index (χ4v) is 1.69. The molecular weight excluding hydrogens is 312 g/mol. The van der Waals surface area contributed by atoms with Crippen LogP contribution >= 0.6 is 0 Å². The van der Waals surface area contributed by atoms with Crippen LogP contribution in [0.5, 0.6) is 0 Å². The van der Waals surface area contributed by atoms with Gasteiger partial charge in [-0.2, -0.15) is 8.78 Å². The van der Waals surface area contributed by atoms with E-state index < -0.39 is 12.3 Å². The van der Waals surface area contributed by atoms with Gasteiger partial charge >= 0.3 is 5.92 Å². The normalized spacial score (nSPS) is 9.17. The fraction of sp³-hybridized carbons (Fsp3) is 0.368. The molecule has 0 radical (unpaired) electrons. The van der Waals surface area contributed by atoms with E-state index in [1.165, 1.54) is 0 Å². The van der Waals surface area contributed by atoms with E-state index in [0.717, 1.165) is 12.7 Å². The average Bonchev–Trinajstić information content (AvgIpc) is 2.67. The molecule has 0 spiro atoms. The number of aliphatic hydroxyl groups excluding tert-OH is 1. The monoisotopic (exact) mass is 339 g/mol. The van der Waals surface area contributed by atoms with E-state index in [-0.39, 0.29) is 6.29 Å². The van der Waals surface area contributed by atoms with Gasteiger partial charge in [0.2, 0.25) is 0 Å². The molecule has 0 unspecified atom stereocenters. The highest BCUT2D eigenvalue weighted by Gasteiger charge is 2.28. The number of hydrogen-bond donors (Lipinski definition) is 1. The maximum absolute atomic E-state index is 13.0. The molecule has 0 bridgehead atoms. The van der Waals surface area contributed by atoms with Crippen molar-refractivity contribution in [1.29, 1.82) is 0 Å². The topological polar surface area (TPSA) is 50.2 Å². The van der Waals surface area contributed by atoms with Gasteiger partial charge in [0.05, 0.1) is 5.69 Å². The number of carbonyl (C=O) groups excluding carboxylic acids is 1. The molecule has 1 heterocycles. The van der Waals surface area contributed by atoms with Crippen molar-refractivity contribution >= 4 is 6.29 Å². The van der Waals surface area contributed by atoms with Crippen LogP contribution in [0.25, 0.3) is 11.3 Å². The standard InChI is InChI=1S/C14H11F2NO.2C2H6.CH4O/c15-14(16,10-18)9-11-4-3-5-12(8-11)13-6-1-2-7-17-13;3*1-2/h1-8,10H,9H2;2*1-2H3;2H,1H3. The summed E-state index contributed by atoms with van der Waals surface area (Å²) in [5, 5.41) is 7.00. The van der Waals surface area contributed by atoms with Gasteiger partial charge < -0.3 is 5.11 Å². The summed E-state index contributed by atoms with van der Waals surface area (Å²) in [5.41, 5.74) is 1.89. The second-order valence-corrected chi connectivity index (χ2v) is 3.97. The van der Waals surface area contributed by atoms with Crippen molar-refractivity contribution in [1.82, 2.24) is 4.98 Å². The molecule has 5 heteroatoms. The van der Waals surface area contributed by atoms with Gasteiger partial charge in [0.25, 0.3) is 0 Å². The van der Waals surface area contributed by atoms with Crippen LogP contribution in [0.3, 0.4) is 0 Å². The summed E-state index contributed by atoms with van der Waals surface area (Å²) in [7, 11) is 1.00. The van der Waals surface area contributed by atoms with E-state index in [2.05, 4.69) is 4.98 Å². The van der Waals surface area contributed by atoms with Gasteiger partial charge in [-0.1, -0.05) is 52.0 Å². The largest absolute Gasteiger partial charge is 0.400 e. The van der Waals surface area contributed by atoms with Crippen molar-refractivity contribution in [3.05, 3.63) is 54.2 Å². The molecule has 2 aromatic rings. The number of rotatable bonds is 4. The van der Waals surface area contributed by atoms with Crippen LogP contribution in [0.2, 0.25) is 0 Å². The first-order valence-electron chi connectivity index (χ1n) is 7.90. The molecule has 1 aromatic heterocycles. The first kappa shape index (κ1) is 24.1. The quantitative estimate of drug-likeness (QED) is 0.815.